The van der Waals surface area contributed by atoms with Crippen LogP contribution >= 0.6 is 0 Å². The highest BCUT2D eigenvalue weighted by Crippen LogP contribution is 2.06. The first-order valence-electron chi connectivity index (χ1n) is 5.36. The van der Waals surface area contributed by atoms with E-state index >= 15 is 0 Å². The zero-order chi connectivity index (χ0) is 12.8. The number of nitrogens with one attached hydrogen (secondary N) is 1. The molecular formula is C12H17N3O2. The summed E-state index contributed by atoms with van der Waals surface area (Å²) in [6.45, 7) is 1.79. The molecule has 1 rings (SSSR count). The minimum Gasteiger partial charge on any atom is -0.368 e. The summed E-state index contributed by atoms with van der Waals surface area (Å²) in [4.78, 5) is 22.0. The summed E-state index contributed by atoms with van der Waals surface area (Å²) in [5.41, 5.74) is 12.8. The molecule has 92 valence electrons. The fourth-order valence-electron chi connectivity index (χ4n) is 1.49. The molecule has 0 aliphatic heterocycles. The molecule has 5 heteroatoms. The quantitative estimate of drug-likeness (QED) is 0.639. The van der Waals surface area contributed by atoms with E-state index in [4.69, 9.17) is 11.5 Å². The van der Waals surface area contributed by atoms with Crippen LogP contribution in [-0.4, -0.2) is 24.4 Å². The van der Waals surface area contributed by atoms with Gasteiger partial charge in [-0.05, 0) is 18.9 Å². The molecule has 2 amide bonds. The number of amides is 2. The monoisotopic (exact) mass is 235 g/mol. The van der Waals surface area contributed by atoms with Crippen LogP contribution < -0.4 is 16.8 Å². The van der Waals surface area contributed by atoms with Crippen LogP contribution in [0.5, 0.6) is 0 Å². The maximum Gasteiger partial charge on any atom is 0.237 e. The second kappa shape index (κ2) is 6.00. The van der Waals surface area contributed by atoms with Gasteiger partial charge < -0.3 is 16.8 Å². The fraction of sp³-hybridized carbons (Fsp3) is 0.333. The van der Waals surface area contributed by atoms with E-state index in [2.05, 4.69) is 5.32 Å². The number of hydrogen-bond acceptors (Lipinski definition) is 3. The smallest absolute Gasteiger partial charge is 0.237 e. The van der Waals surface area contributed by atoms with Gasteiger partial charge in [0.05, 0.1) is 12.6 Å². The Balaban J connectivity index is 2.51. The normalized spacial score (nSPS) is 11.9. The standard InChI is InChI=1S/C12H17N3O2/c1-8-3-2-4-9(5-8)6-10(13)12(17)15-7-11(14)16/h2-5,10H,6-7,13H2,1H3,(H2,14,16)(H,15,17)/t10-/m0/s1. The van der Waals surface area contributed by atoms with Crippen LogP contribution in [0.1, 0.15) is 11.1 Å². The van der Waals surface area contributed by atoms with Crippen molar-refractivity contribution in [1.29, 1.82) is 0 Å². The van der Waals surface area contributed by atoms with Crippen LogP contribution in [0.15, 0.2) is 24.3 Å². The third-order valence-electron chi connectivity index (χ3n) is 2.31. The van der Waals surface area contributed by atoms with E-state index in [1.807, 2.05) is 31.2 Å². The summed E-state index contributed by atoms with van der Waals surface area (Å²) >= 11 is 0. The number of rotatable bonds is 5. The SMILES string of the molecule is Cc1cccc(C[C@H](N)C(=O)NCC(N)=O)c1. The highest BCUT2D eigenvalue weighted by atomic mass is 16.2. The van der Waals surface area contributed by atoms with E-state index in [0.29, 0.717) is 6.42 Å². The molecule has 0 spiro atoms. The van der Waals surface area contributed by atoms with Gasteiger partial charge in [0.1, 0.15) is 0 Å². The van der Waals surface area contributed by atoms with Gasteiger partial charge in [-0.15, -0.1) is 0 Å². The van der Waals surface area contributed by atoms with Crippen LogP contribution in [0, 0.1) is 6.92 Å². The maximum absolute atomic E-state index is 11.5. The van der Waals surface area contributed by atoms with Gasteiger partial charge >= 0.3 is 0 Å². The molecule has 0 bridgehead atoms. The van der Waals surface area contributed by atoms with Crippen molar-refractivity contribution < 1.29 is 9.59 Å². The Morgan fingerprint density at radius 1 is 1.41 bits per heavy atom. The molecule has 0 saturated carbocycles. The fourth-order valence-corrected chi connectivity index (χ4v) is 1.49. The minimum absolute atomic E-state index is 0.180. The van der Waals surface area contributed by atoms with Crippen LogP contribution in [0.25, 0.3) is 0 Å². The Labute approximate surface area is 100 Å². The average Bonchev–Trinajstić information content (AvgIpc) is 2.25. The molecule has 0 aliphatic carbocycles. The van der Waals surface area contributed by atoms with Crippen molar-refractivity contribution in [2.45, 2.75) is 19.4 Å². The highest BCUT2D eigenvalue weighted by molar-refractivity contribution is 5.86. The molecular weight excluding hydrogens is 218 g/mol. The molecule has 1 aromatic carbocycles. The van der Waals surface area contributed by atoms with Gasteiger partial charge in [-0.25, -0.2) is 0 Å². The average molecular weight is 235 g/mol. The lowest BCUT2D eigenvalue weighted by Gasteiger charge is -2.11. The maximum atomic E-state index is 11.5. The van der Waals surface area contributed by atoms with E-state index in [-0.39, 0.29) is 12.5 Å². The van der Waals surface area contributed by atoms with Gasteiger partial charge in [-0.2, -0.15) is 0 Å². The van der Waals surface area contributed by atoms with Gasteiger partial charge in [0.2, 0.25) is 11.8 Å². The van der Waals surface area contributed by atoms with Crippen molar-refractivity contribution in [3.8, 4) is 0 Å². The van der Waals surface area contributed by atoms with Gasteiger partial charge in [0.25, 0.3) is 0 Å². The van der Waals surface area contributed by atoms with Crippen LogP contribution in [-0.2, 0) is 16.0 Å². The molecule has 0 saturated heterocycles. The summed E-state index contributed by atoms with van der Waals surface area (Å²) in [7, 11) is 0. The zero-order valence-corrected chi connectivity index (χ0v) is 9.77. The molecule has 5 nitrogen and oxygen atoms in total. The summed E-state index contributed by atoms with van der Waals surface area (Å²) < 4.78 is 0. The van der Waals surface area contributed by atoms with Crippen molar-refractivity contribution in [3.63, 3.8) is 0 Å². The lowest BCUT2D eigenvalue weighted by molar-refractivity contribution is -0.125. The third kappa shape index (κ3) is 4.65. The molecule has 0 fully saturated rings. The second-order valence-electron chi connectivity index (χ2n) is 3.98. The number of aryl methyl sites for hydroxylation is 1. The first-order valence-corrected chi connectivity index (χ1v) is 5.36. The first kappa shape index (κ1) is 13.2. The van der Waals surface area contributed by atoms with E-state index in [1.165, 1.54) is 0 Å². The molecule has 0 radical (unpaired) electrons. The summed E-state index contributed by atoms with van der Waals surface area (Å²) in [5, 5.41) is 2.38. The summed E-state index contributed by atoms with van der Waals surface area (Å²) in [6, 6.07) is 7.10. The third-order valence-corrected chi connectivity index (χ3v) is 2.31. The van der Waals surface area contributed by atoms with Gasteiger partial charge in [0.15, 0.2) is 0 Å². The molecule has 5 N–H and O–H groups in total. The lowest BCUT2D eigenvalue weighted by Crippen LogP contribution is -2.44. The minimum atomic E-state index is -0.670. The van der Waals surface area contributed by atoms with Crippen LogP contribution in [0.3, 0.4) is 0 Å². The van der Waals surface area contributed by atoms with Gasteiger partial charge in [-0.3, -0.25) is 9.59 Å². The lowest BCUT2D eigenvalue weighted by atomic mass is 10.0. The Bertz CT molecular complexity index is 418. The van der Waals surface area contributed by atoms with Crippen molar-refractivity contribution in [3.05, 3.63) is 35.4 Å². The summed E-state index contributed by atoms with van der Waals surface area (Å²) in [5.74, 6) is -0.952. The van der Waals surface area contributed by atoms with E-state index in [9.17, 15) is 9.59 Å². The Morgan fingerprint density at radius 3 is 2.71 bits per heavy atom. The number of primary amides is 1. The van der Waals surface area contributed by atoms with Crippen molar-refractivity contribution in [1.82, 2.24) is 5.32 Å². The largest absolute Gasteiger partial charge is 0.368 e. The van der Waals surface area contributed by atoms with Crippen LogP contribution in [0.2, 0.25) is 0 Å². The topological polar surface area (TPSA) is 98.2 Å². The summed E-state index contributed by atoms with van der Waals surface area (Å²) in [6.07, 6.45) is 0.437. The molecule has 1 aromatic rings. The number of hydrogen-bond donors (Lipinski definition) is 3. The Hall–Kier alpha value is -1.88. The van der Waals surface area contributed by atoms with Crippen molar-refractivity contribution in [2.75, 3.05) is 6.54 Å². The van der Waals surface area contributed by atoms with Crippen LogP contribution in [0.4, 0.5) is 0 Å². The molecule has 17 heavy (non-hydrogen) atoms. The molecule has 0 heterocycles. The molecule has 0 aliphatic rings. The number of carbonyl (C=O) groups excluding carboxylic acids is 2. The molecule has 0 unspecified atom stereocenters. The number of carbonyl (C=O) groups is 2. The predicted molar refractivity (Wildman–Crippen MR) is 65.1 cm³/mol. The van der Waals surface area contributed by atoms with Gasteiger partial charge in [-0.1, -0.05) is 29.8 Å². The van der Waals surface area contributed by atoms with Crippen molar-refractivity contribution in [2.24, 2.45) is 11.5 Å². The molecule has 0 aromatic heterocycles. The molecule has 1 atom stereocenters. The van der Waals surface area contributed by atoms with E-state index < -0.39 is 11.9 Å². The number of benzene rings is 1. The Kier molecular flexibility index (Phi) is 4.66. The second-order valence-corrected chi connectivity index (χ2v) is 3.98. The highest BCUT2D eigenvalue weighted by Gasteiger charge is 2.14. The Morgan fingerprint density at radius 2 is 2.12 bits per heavy atom. The van der Waals surface area contributed by atoms with Crippen molar-refractivity contribution >= 4 is 11.8 Å². The number of nitrogens with two attached hydrogens (primary N) is 2. The zero-order valence-electron chi connectivity index (χ0n) is 9.77. The van der Waals surface area contributed by atoms with Gasteiger partial charge in [0, 0.05) is 0 Å². The first-order chi connectivity index (χ1) is 7.99. The predicted octanol–water partition coefficient (Wildman–Crippen LogP) is -0.534. The van der Waals surface area contributed by atoms with E-state index in [1.54, 1.807) is 0 Å². The van der Waals surface area contributed by atoms with E-state index in [0.717, 1.165) is 11.1 Å².